The van der Waals surface area contributed by atoms with Crippen LogP contribution < -0.4 is 0 Å². The maximum Gasteiger partial charge on any atom is 0.134 e. The molecule has 1 aromatic carbocycles. The van der Waals surface area contributed by atoms with Crippen molar-refractivity contribution in [3.05, 3.63) is 33.9 Å². The Bertz CT molecular complexity index is 467. The summed E-state index contributed by atoms with van der Waals surface area (Å²) >= 11 is 9.18. The van der Waals surface area contributed by atoms with Crippen molar-refractivity contribution in [2.45, 2.75) is 0 Å². The molecule has 0 atom stereocenters. The largest absolute Gasteiger partial charge is 0.506 e. The molecule has 0 aliphatic carbocycles. The number of fused-ring (bicyclic) bond motifs is 1. The molecule has 0 saturated carbocycles. The molecule has 1 N–H and O–H groups in total. The molecule has 0 bridgehead atoms. The van der Waals surface area contributed by atoms with E-state index in [-0.39, 0.29) is 5.75 Å². The van der Waals surface area contributed by atoms with Crippen LogP contribution in [-0.2, 0) is 0 Å². The van der Waals surface area contributed by atoms with Gasteiger partial charge in [0, 0.05) is 14.9 Å². The predicted molar refractivity (Wildman–Crippen MR) is 56.1 cm³/mol. The summed E-state index contributed by atoms with van der Waals surface area (Å²) in [6.07, 6.45) is 1.40. The minimum absolute atomic E-state index is 0.140. The smallest absolute Gasteiger partial charge is 0.134 e. The molecule has 0 unspecified atom stereocenters. The van der Waals surface area contributed by atoms with Gasteiger partial charge in [-0.1, -0.05) is 11.6 Å². The van der Waals surface area contributed by atoms with Gasteiger partial charge in [0.25, 0.3) is 0 Å². The van der Waals surface area contributed by atoms with Crippen LogP contribution in [0.4, 0.5) is 0 Å². The molecule has 4 heteroatoms. The molecule has 66 valence electrons. The van der Waals surface area contributed by atoms with E-state index in [1.54, 1.807) is 18.2 Å². The molecule has 0 aliphatic rings. The monoisotopic (exact) mass is 257 g/mol. The summed E-state index contributed by atoms with van der Waals surface area (Å²) in [4.78, 5) is 4.07. The van der Waals surface area contributed by atoms with Gasteiger partial charge in [-0.2, -0.15) is 0 Å². The number of benzene rings is 1. The lowest BCUT2D eigenvalue weighted by molar-refractivity contribution is 0.474. The highest BCUT2D eigenvalue weighted by molar-refractivity contribution is 9.10. The number of aromatic nitrogens is 1. The van der Waals surface area contributed by atoms with Crippen molar-refractivity contribution in [2.24, 2.45) is 0 Å². The minimum Gasteiger partial charge on any atom is -0.506 e. The van der Waals surface area contributed by atoms with Crippen LogP contribution in [0.3, 0.4) is 0 Å². The van der Waals surface area contributed by atoms with Crippen molar-refractivity contribution in [2.75, 3.05) is 0 Å². The third-order valence-corrected chi connectivity index (χ3v) is 2.51. The first kappa shape index (κ1) is 8.78. The summed E-state index contributed by atoms with van der Waals surface area (Å²) in [7, 11) is 0. The van der Waals surface area contributed by atoms with E-state index in [2.05, 4.69) is 20.9 Å². The quantitative estimate of drug-likeness (QED) is 0.786. The predicted octanol–water partition coefficient (Wildman–Crippen LogP) is 3.36. The van der Waals surface area contributed by atoms with E-state index >= 15 is 0 Å². The SMILES string of the molecule is Oc1cnc2c(Br)cc(Cl)cc2c1. The lowest BCUT2D eigenvalue weighted by Gasteiger charge is -2.00. The lowest BCUT2D eigenvalue weighted by atomic mass is 10.2. The van der Waals surface area contributed by atoms with Gasteiger partial charge in [0.1, 0.15) is 5.75 Å². The topological polar surface area (TPSA) is 33.1 Å². The van der Waals surface area contributed by atoms with Crippen LogP contribution in [-0.4, -0.2) is 10.1 Å². The van der Waals surface area contributed by atoms with E-state index in [1.807, 2.05) is 0 Å². The van der Waals surface area contributed by atoms with E-state index in [4.69, 9.17) is 11.6 Å². The highest BCUT2D eigenvalue weighted by Crippen LogP contribution is 2.28. The van der Waals surface area contributed by atoms with Gasteiger partial charge in [-0.15, -0.1) is 0 Å². The van der Waals surface area contributed by atoms with Crippen molar-refractivity contribution in [3.8, 4) is 5.75 Å². The fourth-order valence-corrected chi connectivity index (χ4v) is 2.10. The number of hydrogen-bond acceptors (Lipinski definition) is 2. The molecule has 0 radical (unpaired) electrons. The molecule has 1 aromatic heterocycles. The average Bonchev–Trinajstić information content (AvgIpc) is 2.02. The maximum atomic E-state index is 9.19. The molecule has 2 nitrogen and oxygen atoms in total. The Hall–Kier alpha value is -0.800. The third-order valence-electron chi connectivity index (χ3n) is 1.69. The standard InChI is InChI=1S/C9H5BrClNO/c10-8-3-6(11)1-5-2-7(13)4-12-9(5)8/h1-4,13H. The van der Waals surface area contributed by atoms with E-state index in [1.165, 1.54) is 6.20 Å². The summed E-state index contributed by atoms with van der Waals surface area (Å²) in [6, 6.07) is 5.15. The number of rotatable bonds is 0. The van der Waals surface area contributed by atoms with Crippen molar-refractivity contribution < 1.29 is 5.11 Å². The first-order valence-corrected chi connectivity index (χ1v) is 4.78. The Labute approximate surface area is 88.3 Å². The van der Waals surface area contributed by atoms with Crippen LogP contribution in [0.15, 0.2) is 28.9 Å². The Morgan fingerprint density at radius 1 is 1.31 bits per heavy atom. The van der Waals surface area contributed by atoms with E-state index < -0.39 is 0 Å². The number of aromatic hydroxyl groups is 1. The first-order chi connectivity index (χ1) is 6.16. The van der Waals surface area contributed by atoms with Crippen LogP contribution in [0.5, 0.6) is 5.75 Å². The third kappa shape index (κ3) is 1.62. The molecule has 0 fully saturated rings. The van der Waals surface area contributed by atoms with Gasteiger partial charge < -0.3 is 5.11 Å². The van der Waals surface area contributed by atoms with Crippen molar-refractivity contribution >= 4 is 38.4 Å². The first-order valence-electron chi connectivity index (χ1n) is 3.60. The van der Waals surface area contributed by atoms with Gasteiger partial charge in [-0.25, -0.2) is 0 Å². The molecule has 0 amide bonds. The van der Waals surface area contributed by atoms with E-state index in [9.17, 15) is 5.11 Å². The summed E-state index contributed by atoms with van der Waals surface area (Å²) in [6.45, 7) is 0. The second-order valence-electron chi connectivity index (χ2n) is 2.65. The summed E-state index contributed by atoms with van der Waals surface area (Å²) in [5.74, 6) is 0.140. The lowest BCUT2D eigenvalue weighted by Crippen LogP contribution is -1.80. The molecule has 0 spiro atoms. The Morgan fingerprint density at radius 2 is 2.08 bits per heavy atom. The maximum absolute atomic E-state index is 9.19. The number of nitrogens with zero attached hydrogens (tertiary/aromatic N) is 1. The fraction of sp³-hybridized carbons (Fsp3) is 0. The van der Waals surface area contributed by atoms with Gasteiger partial charge in [-0.05, 0) is 34.1 Å². The second kappa shape index (κ2) is 3.16. The summed E-state index contributed by atoms with van der Waals surface area (Å²) in [5, 5.41) is 10.6. The molecule has 0 saturated heterocycles. The molecule has 0 aliphatic heterocycles. The van der Waals surface area contributed by atoms with E-state index in [0.717, 1.165) is 15.4 Å². The van der Waals surface area contributed by atoms with Crippen molar-refractivity contribution in [1.29, 1.82) is 0 Å². The van der Waals surface area contributed by atoms with Crippen LogP contribution in [0.1, 0.15) is 0 Å². The van der Waals surface area contributed by atoms with Crippen LogP contribution >= 0.6 is 27.5 Å². The molecular formula is C9H5BrClNO. The number of halogens is 2. The van der Waals surface area contributed by atoms with Gasteiger partial charge in [-0.3, -0.25) is 4.98 Å². The van der Waals surface area contributed by atoms with Crippen molar-refractivity contribution in [3.63, 3.8) is 0 Å². The van der Waals surface area contributed by atoms with Crippen LogP contribution in [0, 0.1) is 0 Å². The van der Waals surface area contributed by atoms with Gasteiger partial charge in [0.15, 0.2) is 0 Å². The average molecular weight is 259 g/mol. The van der Waals surface area contributed by atoms with E-state index in [0.29, 0.717) is 5.02 Å². The molecule has 2 aromatic rings. The highest BCUT2D eigenvalue weighted by Gasteiger charge is 2.02. The number of pyridine rings is 1. The van der Waals surface area contributed by atoms with Gasteiger partial charge in [0.2, 0.25) is 0 Å². The van der Waals surface area contributed by atoms with Crippen LogP contribution in [0.2, 0.25) is 5.02 Å². The Balaban J connectivity index is 2.86. The van der Waals surface area contributed by atoms with Gasteiger partial charge in [0.05, 0.1) is 11.7 Å². The molecular weight excluding hydrogens is 253 g/mol. The van der Waals surface area contributed by atoms with Crippen molar-refractivity contribution in [1.82, 2.24) is 4.98 Å². The molecule has 2 rings (SSSR count). The normalized spacial score (nSPS) is 10.6. The van der Waals surface area contributed by atoms with Gasteiger partial charge >= 0.3 is 0 Å². The Kier molecular flexibility index (Phi) is 2.14. The zero-order chi connectivity index (χ0) is 9.42. The fourth-order valence-electron chi connectivity index (χ4n) is 1.16. The molecule has 1 heterocycles. The minimum atomic E-state index is 0.140. The zero-order valence-corrected chi connectivity index (χ0v) is 8.80. The number of hydrogen-bond donors (Lipinski definition) is 1. The van der Waals surface area contributed by atoms with Crippen LogP contribution in [0.25, 0.3) is 10.9 Å². The summed E-state index contributed by atoms with van der Waals surface area (Å²) < 4.78 is 0.829. The second-order valence-corrected chi connectivity index (χ2v) is 3.94. The summed E-state index contributed by atoms with van der Waals surface area (Å²) in [5.41, 5.74) is 0.794. The highest BCUT2D eigenvalue weighted by atomic mass is 79.9. The Morgan fingerprint density at radius 3 is 2.85 bits per heavy atom. The zero-order valence-electron chi connectivity index (χ0n) is 6.46. The molecule has 13 heavy (non-hydrogen) atoms.